The van der Waals surface area contributed by atoms with Crippen molar-refractivity contribution in [3.63, 3.8) is 0 Å². The van der Waals surface area contributed by atoms with Crippen LogP contribution in [0.5, 0.6) is 0 Å². The number of morpholine rings is 1. The number of aryl methyl sites for hydroxylation is 1. The van der Waals surface area contributed by atoms with Crippen molar-refractivity contribution in [2.24, 2.45) is 0 Å². The van der Waals surface area contributed by atoms with Crippen LogP contribution in [-0.2, 0) is 30.3 Å². The summed E-state index contributed by atoms with van der Waals surface area (Å²) in [4.78, 5) is 20.6. The second kappa shape index (κ2) is 12.4. The van der Waals surface area contributed by atoms with Gasteiger partial charge >= 0.3 is 0 Å². The van der Waals surface area contributed by atoms with Gasteiger partial charge in [-0.1, -0.05) is 0 Å². The summed E-state index contributed by atoms with van der Waals surface area (Å²) in [6.45, 7) is 6.12. The fraction of sp³-hybridized carbons (Fsp3) is 0.833. The lowest BCUT2D eigenvalue weighted by atomic mass is 10.1. The van der Waals surface area contributed by atoms with E-state index in [4.69, 9.17) is 24.1 Å². The summed E-state index contributed by atoms with van der Waals surface area (Å²) in [6.07, 6.45) is 5.25. The molecule has 0 radical (unpaired) electrons. The predicted molar refractivity (Wildman–Crippen MR) is 126 cm³/mol. The third-order valence-electron chi connectivity index (χ3n) is 6.95. The molecular formula is C24H41N5O5. The molecule has 0 aromatic carbocycles. The lowest BCUT2D eigenvalue weighted by Gasteiger charge is -2.36. The third kappa shape index (κ3) is 6.35. The van der Waals surface area contributed by atoms with Crippen LogP contribution in [-0.4, -0.2) is 92.5 Å². The van der Waals surface area contributed by atoms with Crippen molar-refractivity contribution in [2.45, 2.75) is 75.8 Å². The molecule has 34 heavy (non-hydrogen) atoms. The van der Waals surface area contributed by atoms with Gasteiger partial charge in [0.15, 0.2) is 0 Å². The topological polar surface area (TPSA) is 99.1 Å². The van der Waals surface area contributed by atoms with Gasteiger partial charge in [-0.05, 0) is 51.5 Å². The van der Waals surface area contributed by atoms with E-state index in [-0.39, 0.29) is 24.1 Å². The standard InChI is InChI=1S/C24H41N5O5/c1-17(28(18-6-7-18)24(30)23-15-25-14-21(34-23)16-31-2)22-13-20(5-4-10-26-32-3)29(27-22)19-8-11-33-12-9-19/h13,17-19,21,23,25-26H,4-12,14-16H2,1-3H3/t17?,21-,23+/m0/s1. The first kappa shape index (κ1) is 25.5. The number of hydrogen-bond acceptors (Lipinski definition) is 8. The van der Waals surface area contributed by atoms with Gasteiger partial charge in [0.1, 0.15) is 6.10 Å². The van der Waals surface area contributed by atoms with Gasteiger partial charge in [0, 0.05) is 51.7 Å². The Hall–Kier alpha value is -1.56. The van der Waals surface area contributed by atoms with Crippen molar-refractivity contribution in [2.75, 3.05) is 53.7 Å². The third-order valence-corrected chi connectivity index (χ3v) is 6.95. The van der Waals surface area contributed by atoms with Crippen LogP contribution >= 0.6 is 0 Å². The van der Waals surface area contributed by atoms with Crippen LogP contribution in [0.2, 0.25) is 0 Å². The van der Waals surface area contributed by atoms with Crippen LogP contribution in [0.25, 0.3) is 0 Å². The summed E-state index contributed by atoms with van der Waals surface area (Å²) >= 11 is 0. The minimum atomic E-state index is -0.492. The summed E-state index contributed by atoms with van der Waals surface area (Å²) < 4.78 is 19.1. The maximum atomic E-state index is 13.6. The first-order valence-electron chi connectivity index (χ1n) is 12.7. The minimum absolute atomic E-state index is 0.0507. The van der Waals surface area contributed by atoms with E-state index in [0.717, 1.165) is 64.0 Å². The Kier molecular flexibility index (Phi) is 9.32. The number of aromatic nitrogens is 2. The van der Waals surface area contributed by atoms with Crippen molar-refractivity contribution in [1.82, 2.24) is 25.5 Å². The van der Waals surface area contributed by atoms with Gasteiger partial charge in [0.25, 0.3) is 5.91 Å². The number of carbonyl (C=O) groups is 1. The highest BCUT2D eigenvalue weighted by Gasteiger charge is 2.41. The number of rotatable bonds is 12. The van der Waals surface area contributed by atoms with Gasteiger partial charge in [0.2, 0.25) is 0 Å². The summed E-state index contributed by atoms with van der Waals surface area (Å²) in [5, 5.41) is 8.41. The van der Waals surface area contributed by atoms with E-state index >= 15 is 0 Å². The van der Waals surface area contributed by atoms with E-state index in [1.54, 1.807) is 14.2 Å². The molecule has 2 saturated heterocycles. The molecule has 2 N–H and O–H groups in total. The Balaban J connectivity index is 1.51. The van der Waals surface area contributed by atoms with Crippen LogP contribution in [0.1, 0.15) is 62.5 Å². The van der Waals surface area contributed by atoms with Gasteiger partial charge in [-0.2, -0.15) is 5.10 Å². The summed E-state index contributed by atoms with van der Waals surface area (Å²) in [5.74, 6) is 0.0507. The smallest absolute Gasteiger partial charge is 0.253 e. The average molecular weight is 480 g/mol. The molecule has 10 heteroatoms. The first-order valence-corrected chi connectivity index (χ1v) is 12.7. The number of nitrogens with zero attached hydrogens (tertiary/aromatic N) is 3. The molecule has 3 fully saturated rings. The fourth-order valence-corrected chi connectivity index (χ4v) is 5.02. The van der Waals surface area contributed by atoms with E-state index in [2.05, 4.69) is 28.5 Å². The van der Waals surface area contributed by atoms with Gasteiger partial charge in [-0.25, -0.2) is 5.48 Å². The predicted octanol–water partition coefficient (Wildman–Crippen LogP) is 1.37. The highest BCUT2D eigenvalue weighted by molar-refractivity contribution is 5.82. The van der Waals surface area contributed by atoms with E-state index in [1.165, 1.54) is 5.69 Å². The molecule has 1 amide bonds. The molecule has 4 rings (SSSR count). The van der Waals surface area contributed by atoms with E-state index < -0.39 is 6.10 Å². The number of ether oxygens (including phenoxy) is 3. The zero-order valence-electron chi connectivity index (χ0n) is 20.8. The Bertz CT molecular complexity index is 778. The molecule has 1 aromatic rings. The van der Waals surface area contributed by atoms with E-state index in [0.29, 0.717) is 25.7 Å². The Labute approximate surface area is 202 Å². The van der Waals surface area contributed by atoms with Gasteiger partial charge in [-0.15, -0.1) is 0 Å². The molecule has 10 nitrogen and oxygen atoms in total. The highest BCUT2D eigenvalue weighted by atomic mass is 16.6. The largest absolute Gasteiger partial charge is 0.382 e. The lowest BCUT2D eigenvalue weighted by Crippen LogP contribution is -2.54. The number of nitrogens with one attached hydrogen (secondary N) is 2. The number of methoxy groups -OCH3 is 1. The molecule has 1 unspecified atom stereocenters. The van der Waals surface area contributed by atoms with Crippen molar-refractivity contribution in [1.29, 1.82) is 0 Å². The number of amides is 1. The molecule has 192 valence electrons. The molecule has 3 heterocycles. The molecule has 1 aliphatic carbocycles. The van der Waals surface area contributed by atoms with Crippen molar-refractivity contribution >= 4 is 5.91 Å². The second-order valence-electron chi connectivity index (χ2n) is 9.56. The van der Waals surface area contributed by atoms with Crippen molar-refractivity contribution < 1.29 is 23.8 Å². The van der Waals surface area contributed by atoms with Gasteiger partial charge < -0.3 is 29.3 Å². The summed E-state index contributed by atoms with van der Waals surface area (Å²) in [5.41, 5.74) is 5.09. The van der Waals surface area contributed by atoms with E-state index in [1.807, 2.05) is 4.90 Å². The first-order chi connectivity index (χ1) is 16.6. The average Bonchev–Trinajstić information content (AvgIpc) is 3.60. The SMILES string of the molecule is COC[C@@H]1CNC[C@H](C(=O)N(C2CC2)C(C)c2cc(CCCNOC)n(C3CCOCC3)n2)O1. The summed E-state index contributed by atoms with van der Waals surface area (Å²) in [7, 11) is 3.30. The Morgan fingerprint density at radius 2 is 2.09 bits per heavy atom. The monoisotopic (exact) mass is 479 g/mol. The second-order valence-corrected chi connectivity index (χ2v) is 9.56. The Morgan fingerprint density at radius 3 is 2.79 bits per heavy atom. The number of hydroxylamine groups is 1. The fourth-order valence-electron chi connectivity index (χ4n) is 5.02. The molecule has 0 spiro atoms. The number of carbonyl (C=O) groups excluding carboxylic acids is 1. The molecule has 1 aromatic heterocycles. The molecular weight excluding hydrogens is 438 g/mol. The van der Waals surface area contributed by atoms with Crippen molar-refractivity contribution in [3.05, 3.63) is 17.5 Å². The maximum absolute atomic E-state index is 13.6. The maximum Gasteiger partial charge on any atom is 0.253 e. The summed E-state index contributed by atoms with van der Waals surface area (Å²) in [6, 6.07) is 2.69. The molecule has 0 bridgehead atoms. The van der Waals surface area contributed by atoms with Crippen molar-refractivity contribution in [3.8, 4) is 0 Å². The van der Waals surface area contributed by atoms with E-state index in [9.17, 15) is 4.79 Å². The van der Waals surface area contributed by atoms with Crippen LogP contribution in [0.3, 0.4) is 0 Å². The van der Waals surface area contributed by atoms with Crippen LogP contribution in [0, 0.1) is 0 Å². The van der Waals surface area contributed by atoms with Gasteiger partial charge in [-0.3, -0.25) is 9.48 Å². The quantitative estimate of drug-likeness (QED) is 0.343. The highest BCUT2D eigenvalue weighted by Crippen LogP contribution is 2.36. The van der Waals surface area contributed by atoms with Crippen LogP contribution in [0.15, 0.2) is 6.07 Å². The molecule has 1 saturated carbocycles. The normalized spacial score (nSPS) is 24.8. The molecule has 3 aliphatic rings. The lowest BCUT2D eigenvalue weighted by molar-refractivity contribution is -0.156. The van der Waals surface area contributed by atoms with Gasteiger partial charge in [0.05, 0.1) is 37.6 Å². The molecule has 2 aliphatic heterocycles. The molecule has 3 atom stereocenters. The zero-order chi connectivity index (χ0) is 23.9. The van der Waals surface area contributed by atoms with Crippen LogP contribution in [0.4, 0.5) is 0 Å². The van der Waals surface area contributed by atoms with Crippen LogP contribution < -0.4 is 10.8 Å². The zero-order valence-corrected chi connectivity index (χ0v) is 20.8. The Morgan fingerprint density at radius 1 is 1.29 bits per heavy atom. The number of hydrogen-bond donors (Lipinski definition) is 2. The minimum Gasteiger partial charge on any atom is -0.382 e.